The zero-order valence-corrected chi connectivity index (χ0v) is 45.5. The average molecular weight is 961 g/mol. The van der Waals surface area contributed by atoms with Gasteiger partial charge in [0.15, 0.2) is 0 Å². The Morgan fingerprint density at radius 3 is 1.31 bits per heavy atom. The number of hydrogen-bond acceptors (Lipinski definition) is 6. The first-order chi connectivity index (χ1) is 32.5. The van der Waals surface area contributed by atoms with E-state index < -0.39 is 20.0 Å². The van der Waals surface area contributed by atoms with Crippen molar-refractivity contribution in [3.8, 4) is 0 Å². The molecule has 9 heteroatoms. The monoisotopic (exact) mass is 961 g/mol. The molecule has 3 atom stereocenters. The van der Waals surface area contributed by atoms with E-state index in [1.807, 2.05) is 27.2 Å². The number of unbranched alkanes of at least 4 members (excludes halogenated alkanes) is 30. The second-order valence-corrected chi connectivity index (χ2v) is 21.7. The summed E-state index contributed by atoms with van der Waals surface area (Å²) in [6.07, 6.45) is 67.0. The third-order valence-electron chi connectivity index (χ3n) is 12.5. The van der Waals surface area contributed by atoms with Gasteiger partial charge in [0.25, 0.3) is 7.82 Å². The number of carbonyl (C=O) groups is 1. The van der Waals surface area contributed by atoms with Crippen LogP contribution in [0.3, 0.4) is 0 Å². The van der Waals surface area contributed by atoms with Gasteiger partial charge in [0.2, 0.25) is 5.91 Å². The Balaban J connectivity index is 3.62. The van der Waals surface area contributed by atoms with Gasteiger partial charge in [-0.15, -0.1) is 0 Å². The van der Waals surface area contributed by atoms with Gasteiger partial charge in [0.05, 0.1) is 39.9 Å². The van der Waals surface area contributed by atoms with Crippen molar-refractivity contribution < 1.29 is 32.9 Å². The van der Waals surface area contributed by atoms with E-state index in [1.165, 1.54) is 167 Å². The predicted molar refractivity (Wildman–Crippen MR) is 288 cm³/mol. The maximum atomic E-state index is 12.8. The van der Waals surface area contributed by atoms with Crippen LogP contribution in [0.1, 0.15) is 251 Å². The molecule has 0 radical (unpaired) electrons. The number of phosphoric ester groups is 1. The van der Waals surface area contributed by atoms with Gasteiger partial charge in [-0.25, -0.2) is 0 Å². The van der Waals surface area contributed by atoms with Crippen LogP contribution in [-0.2, 0) is 18.4 Å². The number of hydrogen-bond donors (Lipinski definition) is 2. The van der Waals surface area contributed by atoms with Crippen LogP contribution in [0.15, 0.2) is 60.8 Å². The highest BCUT2D eigenvalue weighted by Gasteiger charge is 2.23. The highest BCUT2D eigenvalue weighted by Crippen LogP contribution is 2.38. The Bertz CT molecular complexity index is 1270. The molecule has 2 N–H and O–H groups in total. The first-order valence-electron chi connectivity index (χ1n) is 28.2. The second-order valence-electron chi connectivity index (χ2n) is 20.3. The van der Waals surface area contributed by atoms with Crippen molar-refractivity contribution in [1.29, 1.82) is 0 Å². The molecule has 0 bridgehead atoms. The topological polar surface area (TPSA) is 108 Å². The van der Waals surface area contributed by atoms with Crippen LogP contribution in [0.2, 0.25) is 0 Å². The van der Waals surface area contributed by atoms with Gasteiger partial charge in [0, 0.05) is 6.42 Å². The molecule has 0 rings (SSSR count). The van der Waals surface area contributed by atoms with E-state index in [-0.39, 0.29) is 19.1 Å². The molecule has 0 fully saturated rings. The number of nitrogens with one attached hydrogen (secondary N) is 1. The summed E-state index contributed by atoms with van der Waals surface area (Å²) in [7, 11) is 1.26. The van der Waals surface area contributed by atoms with Crippen LogP contribution in [0.4, 0.5) is 0 Å². The summed E-state index contributed by atoms with van der Waals surface area (Å²) < 4.78 is 23.0. The fourth-order valence-electron chi connectivity index (χ4n) is 8.07. The predicted octanol–water partition coefficient (Wildman–Crippen LogP) is 16.3. The lowest BCUT2D eigenvalue weighted by Gasteiger charge is -2.29. The van der Waals surface area contributed by atoms with Gasteiger partial charge in [-0.2, -0.15) is 0 Å². The molecule has 0 saturated heterocycles. The van der Waals surface area contributed by atoms with Crippen LogP contribution in [0.5, 0.6) is 0 Å². The lowest BCUT2D eigenvalue weighted by Crippen LogP contribution is -2.45. The van der Waals surface area contributed by atoms with E-state index in [4.69, 9.17) is 9.05 Å². The molecule has 0 aromatic rings. The zero-order valence-electron chi connectivity index (χ0n) is 44.6. The molecule has 1 amide bonds. The third-order valence-corrected chi connectivity index (χ3v) is 13.4. The van der Waals surface area contributed by atoms with E-state index in [0.29, 0.717) is 17.4 Å². The molecule has 0 spiro atoms. The second kappa shape index (κ2) is 49.2. The van der Waals surface area contributed by atoms with Crippen LogP contribution in [0.25, 0.3) is 0 Å². The highest BCUT2D eigenvalue weighted by molar-refractivity contribution is 7.45. The number of quaternary nitrogens is 1. The summed E-state index contributed by atoms with van der Waals surface area (Å²) in [6.45, 7) is 4.38. The Labute approximate surface area is 415 Å². The van der Waals surface area contributed by atoms with Crippen molar-refractivity contribution in [2.75, 3.05) is 40.9 Å². The fraction of sp³-hybridized carbons (Fsp3) is 0.810. The summed E-state index contributed by atoms with van der Waals surface area (Å²) >= 11 is 0. The molecule has 0 aliphatic rings. The molecule has 392 valence electrons. The van der Waals surface area contributed by atoms with E-state index in [1.54, 1.807) is 6.08 Å². The molecule has 3 unspecified atom stereocenters. The molecule has 0 aliphatic carbocycles. The van der Waals surface area contributed by atoms with Gasteiger partial charge in [-0.3, -0.25) is 9.36 Å². The largest absolute Gasteiger partial charge is 0.756 e. The van der Waals surface area contributed by atoms with Crippen LogP contribution in [0, 0.1) is 0 Å². The smallest absolute Gasteiger partial charge is 0.268 e. The number of rotatable bonds is 51. The van der Waals surface area contributed by atoms with Crippen LogP contribution >= 0.6 is 7.82 Å². The van der Waals surface area contributed by atoms with Crippen molar-refractivity contribution in [3.05, 3.63) is 60.8 Å². The minimum absolute atomic E-state index is 0.00152. The third kappa shape index (κ3) is 51.9. The number of likely N-dealkylation sites (N-methyl/N-ethyl adjacent to an activating group) is 1. The minimum atomic E-state index is -4.57. The Hall–Kier alpha value is -1.80. The first kappa shape index (κ1) is 65.2. The summed E-state index contributed by atoms with van der Waals surface area (Å²) in [6, 6.07) is -0.880. The normalized spacial score (nSPS) is 14.4. The lowest BCUT2D eigenvalue weighted by molar-refractivity contribution is -0.870. The highest BCUT2D eigenvalue weighted by atomic mass is 31.2. The first-order valence-corrected chi connectivity index (χ1v) is 29.6. The SMILES string of the molecule is CC/C=C\C/C=C\C/C=C\C/C=C\CCCCCCCCCCCCCCCCCCCCCCCCCCCCCCC(=O)NC(COP(=O)([O-])OCC[N+](C)(C)C)C(O)/C=C/CCCC. The molecule has 0 saturated carbocycles. The molecular formula is C58H109N2O6P. The number of allylic oxidation sites excluding steroid dienone is 9. The number of amides is 1. The maximum absolute atomic E-state index is 12.8. The van der Waals surface area contributed by atoms with Crippen molar-refractivity contribution in [2.45, 2.75) is 264 Å². The minimum Gasteiger partial charge on any atom is -0.756 e. The number of nitrogens with zero attached hydrogens (tertiary/aromatic N) is 1. The van der Waals surface area contributed by atoms with Crippen LogP contribution in [-0.4, -0.2) is 68.5 Å². The summed E-state index contributed by atoms with van der Waals surface area (Å²) in [5.74, 6) is -0.204. The van der Waals surface area contributed by atoms with Gasteiger partial charge < -0.3 is 28.8 Å². The maximum Gasteiger partial charge on any atom is 0.268 e. The molecule has 0 heterocycles. The number of aliphatic hydroxyl groups is 1. The Morgan fingerprint density at radius 2 is 0.910 bits per heavy atom. The van der Waals surface area contributed by atoms with Crippen molar-refractivity contribution in [3.63, 3.8) is 0 Å². The van der Waals surface area contributed by atoms with Gasteiger partial charge in [-0.05, 0) is 51.4 Å². The van der Waals surface area contributed by atoms with Crippen molar-refractivity contribution in [2.24, 2.45) is 0 Å². The van der Waals surface area contributed by atoms with Crippen LogP contribution < -0.4 is 10.2 Å². The molecule has 8 nitrogen and oxygen atoms in total. The lowest BCUT2D eigenvalue weighted by atomic mass is 10.0. The fourth-order valence-corrected chi connectivity index (χ4v) is 8.80. The van der Waals surface area contributed by atoms with E-state index in [2.05, 4.69) is 67.8 Å². The Morgan fingerprint density at radius 1 is 0.537 bits per heavy atom. The molecular weight excluding hydrogens is 852 g/mol. The Kier molecular flexibility index (Phi) is 47.9. The standard InChI is InChI=1S/C58H109N2O6P/c1-6-8-10-12-13-14-15-16-17-18-19-20-21-22-23-24-25-26-27-28-29-30-31-32-33-34-35-36-37-38-39-40-41-42-43-44-45-46-47-48-50-52-58(62)59-56(57(61)51-49-11-9-7-2)55-66-67(63,64)65-54-53-60(3,4)5/h8,10,13-14,16-17,19-20,49,51,56-57,61H,6-7,9,11-12,15,18,21-48,50,52-55H2,1-5H3,(H-,59,62,63,64)/b10-8-,14-13-,17-16-,20-19-,51-49+. The average Bonchev–Trinajstić information content (AvgIpc) is 3.29. The summed E-state index contributed by atoms with van der Waals surface area (Å²) in [5.41, 5.74) is 0. The molecule has 0 aromatic heterocycles. The zero-order chi connectivity index (χ0) is 49.2. The van der Waals surface area contributed by atoms with Gasteiger partial charge in [-0.1, -0.05) is 254 Å². The number of aliphatic hydroxyl groups excluding tert-OH is 1. The van der Waals surface area contributed by atoms with Crippen molar-refractivity contribution >= 4 is 13.7 Å². The number of carbonyl (C=O) groups excluding carboxylic acids is 1. The molecule has 0 aliphatic heterocycles. The van der Waals surface area contributed by atoms with Crippen molar-refractivity contribution in [1.82, 2.24) is 5.32 Å². The molecule has 0 aromatic carbocycles. The summed E-state index contributed by atoms with van der Waals surface area (Å²) in [5, 5.41) is 13.5. The molecule has 67 heavy (non-hydrogen) atoms. The van der Waals surface area contributed by atoms with Gasteiger partial charge >= 0.3 is 0 Å². The summed E-state index contributed by atoms with van der Waals surface area (Å²) in [4.78, 5) is 25.1. The van der Waals surface area contributed by atoms with E-state index >= 15 is 0 Å². The number of phosphoric acid groups is 1. The van der Waals surface area contributed by atoms with Gasteiger partial charge in [0.1, 0.15) is 13.2 Å². The van der Waals surface area contributed by atoms with E-state index in [9.17, 15) is 19.4 Å². The quantitative estimate of drug-likeness (QED) is 0.0272. The van der Waals surface area contributed by atoms with E-state index in [0.717, 1.165) is 64.2 Å².